The Hall–Kier alpha value is -1.82. The third-order valence-electron chi connectivity index (χ3n) is 4.32. The van der Waals surface area contributed by atoms with Crippen LogP contribution in [0.1, 0.15) is 36.2 Å². The molecule has 2 aliphatic heterocycles. The molecule has 0 spiro atoms. The van der Waals surface area contributed by atoms with Gasteiger partial charge in [-0.3, -0.25) is 4.90 Å². The number of anilines is 2. The maximum absolute atomic E-state index is 11.0. The molecule has 4 N–H and O–H groups in total. The standard InChI is InChI=1S/C14H20N4O2/c15-9-4-5-11(14(19)20)17-13(9)16-10-6-8-18-7-2-1-3-12(10)18/h4-5,10,12H,1-3,6-8,15H2,(H,16,17)(H,19,20). The third-order valence-corrected chi connectivity index (χ3v) is 4.32. The second-order valence-electron chi connectivity index (χ2n) is 5.58. The lowest BCUT2D eigenvalue weighted by molar-refractivity contribution is 0.0690. The predicted molar refractivity (Wildman–Crippen MR) is 76.8 cm³/mol. The molecule has 6 heteroatoms. The molecular formula is C14H20N4O2. The first kappa shape index (κ1) is 13.2. The minimum absolute atomic E-state index is 0.0280. The van der Waals surface area contributed by atoms with Gasteiger partial charge in [0.25, 0.3) is 0 Å². The number of rotatable bonds is 3. The Bertz CT molecular complexity index is 520. The maximum atomic E-state index is 11.0. The van der Waals surface area contributed by atoms with Crippen molar-refractivity contribution in [3.8, 4) is 0 Å². The Morgan fingerprint density at radius 1 is 1.35 bits per heavy atom. The zero-order chi connectivity index (χ0) is 14.1. The summed E-state index contributed by atoms with van der Waals surface area (Å²) in [5, 5.41) is 12.4. The number of hydrogen-bond acceptors (Lipinski definition) is 5. The van der Waals surface area contributed by atoms with E-state index >= 15 is 0 Å². The lowest BCUT2D eigenvalue weighted by atomic mass is 9.99. The Kier molecular flexibility index (Phi) is 3.48. The molecule has 0 radical (unpaired) electrons. The topological polar surface area (TPSA) is 91.5 Å². The van der Waals surface area contributed by atoms with Crippen LogP contribution in [0.15, 0.2) is 12.1 Å². The molecule has 108 valence electrons. The number of aromatic nitrogens is 1. The Balaban J connectivity index is 1.77. The highest BCUT2D eigenvalue weighted by molar-refractivity contribution is 5.86. The van der Waals surface area contributed by atoms with Gasteiger partial charge in [-0.2, -0.15) is 0 Å². The fourth-order valence-corrected chi connectivity index (χ4v) is 3.30. The number of nitrogens with zero attached hydrogens (tertiary/aromatic N) is 2. The number of nitrogens with one attached hydrogen (secondary N) is 1. The number of piperidine rings is 1. The molecule has 0 aliphatic carbocycles. The number of pyridine rings is 1. The number of carbonyl (C=O) groups is 1. The molecule has 3 heterocycles. The van der Waals surface area contributed by atoms with E-state index in [-0.39, 0.29) is 5.69 Å². The number of carboxylic acids is 1. The van der Waals surface area contributed by atoms with Gasteiger partial charge >= 0.3 is 5.97 Å². The molecule has 2 saturated heterocycles. The van der Waals surface area contributed by atoms with Crippen LogP contribution in [-0.4, -0.2) is 46.1 Å². The summed E-state index contributed by atoms with van der Waals surface area (Å²) in [6.07, 6.45) is 4.79. The first-order valence-electron chi connectivity index (χ1n) is 7.15. The van der Waals surface area contributed by atoms with Gasteiger partial charge in [-0.25, -0.2) is 9.78 Å². The minimum atomic E-state index is -1.03. The minimum Gasteiger partial charge on any atom is -0.477 e. The summed E-state index contributed by atoms with van der Waals surface area (Å²) >= 11 is 0. The zero-order valence-electron chi connectivity index (χ0n) is 11.4. The molecule has 0 bridgehead atoms. The normalized spacial score (nSPS) is 26.2. The molecule has 3 rings (SSSR count). The van der Waals surface area contributed by atoms with E-state index in [0.29, 0.717) is 23.6 Å². The second kappa shape index (κ2) is 5.28. The molecule has 0 amide bonds. The van der Waals surface area contributed by atoms with Gasteiger partial charge in [0.05, 0.1) is 5.69 Å². The van der Waals surface area contributed by atoms with E-state index < -0.39 is 5.97 Å². The van der Waals surface area contributed by atoms with Gasteiger partial charge in [-0.15, -0.1) is 0 Å². The van der Waals surface area contributed by atoms with Crippen molar-refractivity contribution in [2.75, 3.05) is 24.1 Å². The fraction of sp³-hybridized carbons (Fsp3) is 0.571. The van der Waals surface area contributed by atoms with Crippen molar-refractivity contribution in [2.24, 2.45) is 0 Å². The van der Waals surface area contributed by atoms with Gasteiger partial charge in [0.1, 0.15) is 5.82 Å². The van der Waals surface area contributed by atoms with Crippen molar-refractivity contribution in [1.82, 2.24) is 9.88 Å². The highest BCUT2D eigenvalue weighted by atomic mass is 16.4. The summed E-state index contributed by atoms with van der Waals surface area (Å²) in [4.78, 5) is 17.6. The molecule has 2 unspecified atom stereocenters. The summed E-state index contributed by atoms with van der Waals surface area (Å²) in [6, 6.07) is 3.88. The molecule has 6 nitrogen and oxygen atoms in total. The van der Waals surface area contributed by atoms with E-state index in [0.717, 1.165) is 13.0 Å². The van der Waals surface area contributed by atoms with Gasteiger partial charge in [0.15, 0.2) is 5.69 Å². The van der Waals surface area contributed by atoms with Crippen LogP contribution in [0.25, 0.3) is 0 Å². The number of nitrogens with two attached hydrogens (primary N) is 1. The highest BCUT2D eigenvalue weighted by Crippen LogP contribution is 2.30. The van der Waals surface area contributed by atoms with Crippen LogP contribution in [0, 0.1) is 0 Å². The SMILES string of the molecule is Nc1ccc(C(=O)O)nc1NC1CCN2CCCCC12. The highest BCUT2D eigenvalue weighted by Gasteiger charge is 2.35. The van der Waals surface area contributed by atoms with Crippen molar-refractivity contribution < 1.29 is 9.90 Å². The van der Waals surface area contributed by atoms with Crippen molar-refractivity contribution >= 4 is 17.5 Å². The average molecular weight is 276 g/mol. The van der Waals surface area contributed by atoms with Gasteiger partial charge in [-0.1, -0.05) is 6.42 Å². The average Bonchev–Trinajstić information content (AvgIpc) is 2.84. The van der Waals surface area contributed by atoms with E-state index in [1.807, 2.05) is 0 Å². The van der Waals surface area contributed by atoms with E-state index in [1.54, 1.807) is 6.07 Å². The van der Waals surface area contributed by atoms with Crippen LogP contribution in [0.5, 0.6) is 0 Å². The lowest BCUT2D eigenvalue weighted by Gasteiger charge is -2.32. The van der Waals surface area contributed by atoms with Crippen LogP contribution in [0.4, 0.5) is 11.5 Å². The number of hydrogen-bond donors (Lipinski definition) is 3. The van der Waals surface area contributed by atoms with E-state index in [1.165, 1.54) is 31.9 Å². The van der Waals surface area contributed by atoms with Crippen LogP contribution in [0.3, 0.4) is 0 Å². The van der Waals surface area contributed by atoms with Crippen LogP contribution < -0.4 is 11.1 Å². The number of fused-ring (bicyclic) bond motifs is 1. The Morgan fingerprint density at radius 3 is 3.00 bits per heavy atom. The predicted octanol–water partition coefficient (Wildman–Crippen LogP) is 1.40. The van der Waals surface area contributed by atoms with Crippen LogP contribution >= 0.6 is 0 Å². The second-order valence-corrected chi connectivity index (χ2v) is 5.58. The monoisotopic (exact) mass is 276 g/mol. The summed E-state index contributed by atoms with van der Waals surface area (Å²) in [6.45, 7) is 2.27. The summed E-state index contributed by atoms with van der Waals surface area (Å²) in [7, 11) is 0. The van der Waals surface area contributed by atoms with Gasteiger partial charge in [0, 0.05) is 18.6 Å². The van der Waals surface area contributed by atoms with E-state index in [4.69, 9.17) is 10.8 Å². The third kappa shape index (κ3) is 2.43. The maximum Gasteiger partial charge on any atom is 0.354 e. The Labute approximate surface area is 118 Å². The molecule has 1 aromatic heterocycles. The van der Waals surface area contributed by atoms with Gasteiger partial charge in [0.2, 0.25) is 0 Å². The molecule has 2 fully saturated rings. The lowest BCUT2D eigenvalue weighted by Crippen LogP contribution is -2.42. The van der Waals surface area contributed by atoms with Gasteiger partial charge in [-0.05, 0) is 37.9 Å². The smallest absolute Gasteiger partial charge is 0.354 e. The molecule has 2 atom stereocenters. The molecular weight excluding hydrogens is 256 g/mol. The number of aromatic carboxylic acids is 1. The first-order valence-corrected chi connectivity index (χ1v) is 7.15. The van der Waals surface area contributed by atoms with Crippen LogP contribution in [0.2, 0.25) is 0 Å². The number of carboxylic acid groups (broad SMARTS) is 1. The summed E-state index contributed by atoms with van der Waals surface area (Å²) in [5.74, 6) is -0.527. The molecule has 20 heavy (non-hydrogen) atoms. The van der Waals surface area contributed by atoms with Crippen LogP contribution in [-0.2, 0) is 0 Å². The Morgan fingerprint density at radius 2 is 2.20 bits per heavy atom. The van der Waals surface area contributed by atoms with Crippen molar-refractivity contribution in [3.05, 3.63) is 17.8 Å². The zero-order valence-corrected chi connectivity index (χ0v) is 11.4. The molecule has 0 saturated carbocycles. The van der Waals surface area contributed by atoms with Crippen molar-refractivity contribution in [3.63, 3.8) is 0 Å². The molecule has 1 aromatic rings. The van der Waals surface area contributed by atoms with E-state index in [9.17, 15) is 4.79 Å². The van der Waals surface area contributed by atoms with Crippen molar-refractivity contribution in [1.29, 1.82) is 0 Å². The quantitative estimate of drug-likeness (QED) is 0.773. The fourth-order valence-electron chi connectivity index (χ4n) is 3.30. The first-order chi connectivity index (χ1) is 9.65. The van der Waals surface area contributed by atoms with Gasteiger partial charge < -0.3 is 16.2 Å². The molecule has 0 aromatic carbocycles. The van der Waals surface area contributed by atoms with E-state index in [2.05, 4.69) is 15.2 Å². The summed E-state index contributed by atoms with van der Waals surface area (Å²) < 4.78 is 0. The van der Waals surface area contributed by atoms with Crippen molar-refractivity contribution in [2.45, 2.75) is 37.8 Å². The molecule has 2 aliphatic rings. The number of nitrogen functional groups attached to an aromatic ring is 1. The summed E-state index contributed by atoms with van der Waals surface area (Å²) in [5.41, 5.74) is 6.44. The largest absolute Gasteiger partial charge is 0.477 e.